The molecule has 1 heteroatoms. The van der Waals surface area contributed by atoms with Crippen molar-refractivity contribution < 1.29 is 16.4 Å². The fourth-order valence-corrected chi connectivity index (χ4v) is 1.78. The number of rotatable bonds is 3. The average Bonchev–Trinajstić information content (AvgIpc) is 2.81. The summed E-state index contributed by atoms with van der Waals surface area (Å²) in [5.41, 5.74) is -1.42. The van der Waals surface area contributed by atoms with Crippen molar-refractivity contribution in [2.45, 2.75) is 20.8 Å². The van der Waals surface area contributed by atoms with Gasteiger partial charge in [-0.1, -0.05) is 52.9 Å². The second kappa shape index (κ2) is 6.07. The Bertz CT molecular complexity index is 1110. The quantitative estimate of drug-likeness (QED) is 0.566. The topological polar surface area (TPSA) is 3.24 Å². The maximum atomic E-state index is 8.52. The Morgan fingerprint density at radius 1 is 0.500 bits per heavy atom. The molecule has 1 nitrogen and oxygen atoms in total. The van der Waals surface area contributed by atoms with Crippen LogP contribution in [0.3, 0.4) is 0 Å². The third kappa shape index (κ3) is 3.04. The first-order chi connectivity index (χ1) is 15.7. The van der Waals surface area contributed by atoms with Crippen LogP contribution in [0.2, 0.25) is 0 Å². The molecule has 0 amide bonds. The zero-order valence-corrected chi connectivity index (χ0v) is 12.4. The highest BCUT2D eigenvalue weighted by Gasteiger charge is 2.11. The second-order valence-electron chi connectivity index (χ2n) is 4.76. The summed E-state index contributed by atoms with van der Waals surface area (Å²) in [6.45, 7) is 4.16. The van der Waals surface area contributed by atoms with Gasteiger partial charge in [0, 0.05) is 17.1 Å². The summed E-state index contributed by atoms with van der Waals surface area (Å²) >= 11 is 0. The molecule has 0 spiro atoms. The highest BCUT2D eigenvalue weighted by atomic mass is 15.1. The molecular weight excluding hydrogens is 266 g/mol. The highest BCUT2D eigenvalue weighted by molar-refractivity contribution is 5.76. The molecule has 0 saturated heterocycles. The zero-order chi connectivity index (χ0) is 26.0. The predicted octanol–water partition coefficient (Wildman–Crippen LogP) is 6.08. The average molecular weight is 299 g/mol. The summed E-state index contributed by atoms with van der Waals surface area (Å²) in [5, 5.41) is 0. The molecule has 0 aliphatic rings. The number of hydrogen-bond donors (Lipinski definition) is 0. The highest BCUT2D eigenvalue weighted by Crippen LogP contribution is 2.34. The molecule has 0 aromatic heterocycles. The van der Waals surface area contributed by atoms with Gasteiger partial charge in [0.15, 0.2) is 0 Å². The van der Waals surface area contributed by atoms with Gasteiger partial charge in [0.1, 0.15) is 0 Å². The smallest absolute Gasteiger partial charge is 0.0645 e. The molecule has 0 radical (unpaired) electrons. The zero-order valence-electron chi connectivity index (χ0n) is 24.4. The standard InChI is InChI=1S/C21H21N/c1-16-4-10-19(11-5-16)22(20-12-6-17(2)7-13-20)21-14-8-18(3)9-15-21/h4-15H,1-3H3/i4D,5D,6D,7D,8D,9D,10D,11D,12D,13D,14D,15D. The van der Waals surface area contributed by atoms with Crippen LogP contribution in [0, 0.1) is 20.8 Å². The van der Waals surface area contributed by atoms with Gasteiger partial charge in [-0.3, -0.25) is 0 Å². The van der Waals surface area contributed by atoms with Crippen molar-refractivity contribution >= 4 is 17.1 Å². The number of benzene rings is 3. The van der Waals surface area contributed by atoms with Gasteiger partial charge in [-0.25, -0.2) is 0 Å². The van der Waals surface area contributed by atoms with E-state index in [2.05, 4.69) is 0 Å². The molecule has 0 saturated carbocycles. The molecule has 22 heavy (non-hydrogen) atoms. The Morgan fingerprint density at radius 3 is 0.955 bits per heavy atom. The minimum absolute atomic E-state index is 0.0330. The lowest BCUT2D eigenvalue weighted by atomic mass is 10.1. The molecule has 110 valence electrons. The fraction of sp³-hybridized carbons (Fsp3) is 0.143. The SMILES string of the molecule is [2H]c1c([2H])c(N(c2c([2H])c([2H])c(C)c([2H])c2[2H])c2c([2H])c([2H])c(C)c([2H])c2[2H])c([2H])c([2H])c1C. The van der Waals surface area contributed by atoms with Crippen LogP contribution in [0.15, 0.2) is 72.5 Å². The van der Waals surface area contributed by atoms with E-state index in [1.165, 1.54) is 20.8 Å². The van der Waals surface area contributed by atoms with Crippen LogP contribution in [0.1, 0.15) is 33.1 Å². The van der Waals surface area contributed by atoms with E-state index in [0.717, 1.165) is 4.90 Å². The third-order valence-electron chi connectivity index (χ3n) is 2.88. The van der Waals surface area contributed by atoms with Gasteiger partial charge in [0.05, 0.1) is 16.4 Å². The van der Waals surface area contributed by atoms with Crippen LogP contribution < -0.4 is 4.90 Å². The summed E-state index contributed by atoms with van der Waals surface area (Å²) in [6.07, 6.45) is 0. The van der Waals surface area contributed by atoms with Gasteiger partial charge >= 0.3 is 0 Å². The summed E-state index contributed by atoms with van der Waals surface area (Å²) in [7, 11) is 0. The van der Waals surface area contributed by atoms with Crippen LogP contribution in [0.5, 0.6) is 0 Å². The van der Waals surface area contributed by atoms with Crippen molar-refractivity contribution in [1.29, 1.82) is 0 Å². The Balaban J connectivity index is 2.68. The van der Waals surface area contributed by atoms with Crippen LogP contribution in [0.4, 0.5) is 17.1 Å². The van der Waals surface area contributed by atoms with E-state index in [9.17, 15) is 0 Å². The summed E-state index contributed by atoms with van der Waals surface area (Å²) in [5.74, 6) is 0. The van der Waals surface area contributed by atoms with Crippen LogP contribution >= 0.6 is 0 Å². The van der Waals surface area contributed by atoms with Crippen molar-refractivity contribution in [3.63, 3.8) is 0 Å². The third-order valence-corrected chi connectivity index (χ3v) is 2.88. The molecule has 0 heterocycles. The van der Waals surface area contributed by atoms with Crippen LogP contribution in [-0.2, 0) is 0 Å². The second-order valence-corrected chi connectivity index (χ2v) is 4.76. The fourth-order valence-electron chi connectivity index (χ4n) is 1.78. The predicted molar refractivity (Wildman–Crippen MR) is 95.3 cm³/mol. The number of hydrogen-bond acceptors (Lipinski definition) is 1. The maximum Gasteiger partial charge on any atom is 0.0645 e. The molecule has 0 unspecified atom stereocenters. The van der Waals surface area contributed by atoms with Gasteiger partial charge in [-0.15, -0.1) is 0 Å². The molecule has 0 aliphatic carbocycles. The molecular formula is C21H21N. The van der Waals surface area contributed by atoms with Crippen molar-refractivity contribution in [1.82, 2.24) is 0 Å². The van der Waals surface area contributed by atoms with Crippen molar-refractivity contribution in [2.24, 2.45) is 0 Å². The molecule has 3 aromatic rings. The molecule has 3 rings (SSSR count). The lowest BCUT2D eigenvalue weighted by Gasteiger charge is -2.25. The summed E-state index contributed by atoms with van der Waals surface area (Å²) < 4.78 is 101. The van der Waals surface area contributed by atoms with Crippen molar-refractivity contribution in [2.75, 3.05) is 4.90 Å². The minimum Gasteiger partial charge on any atom is -0.311 e. The van der Waals surface area contributed by atoms with E-state index in [1.807, 2.05) is 0 Å². The molecule has 0 bridgehead atoms. The lowest BCUT2D eigenvalue weighted by Crippen LogP contribution is -2.09. The molecule has 3 aromatic carbocycles. The van der Waals surface area contributed by atoms with Gasteiger partial charge in [-0.05, 0) is 57.0 Å². The maximum absolute atomic E-state index is 8.52. The van der Waals surface area contributed by atoms with E-state index in [-0.39, 0.29) is 16.7 Å². The monoisotopic (exact) mass is 299 g/mol. The lowest BCUT2D eigenvalue weighted by molar-refractivity contribution is 1.26. The summed E-state index contributed by atoms with van der Waals surface area (Å²) in [6, 6.07) is -6.09. The Hall–Kier alpha value is -2.54. The minimum atomic E-state index is -0.589. The normalized spacial score (nSPS) is 18.1. The van der Waals surface area contributed by atoms with Gasteiger partial charge in [0.25, 0.3) is 0 Å². The van der Waals surface area contributed by atoms with E-state index < -0.39 is 89.6 Å². The van der Waals surface area contributed by atoms with E-state index in [0.29, 0.717) is 0 Å². The molecule has 0 aliphatic heterocycles. The van der Waals surface area contributed by atoms with Gasteiger partial charge in [-0.2, -0.15) is 0 Å². The Kier molecular flexibility index (Phi) is 1.63. The van der Waals surface area contributed by atoms with E-state index >= 15 is 0 Å². The number of nitrogens with zero attached hydrogens (tertiary/aromatic N) is 1. The van der Waals surface area contributed by atoms with Crippen LogP contribution in [0.25, 0.3) is 0 Å². The van der Waals surface area contributed by atoms with Crippen molar-refractivity contribution in [3.8, 4) is 0 Å². The first-order valence-corrected chi connectivity index (χ1v) is 6.67. The Labute approximate surface area is 149 Å². The number of anilines is 3. The molecule has 0 fully saturated rings. The Morgan fingerprint density at radius 2 is 0.727 bits per heavy atom. The first kappa shape index (κ1) is 5.92. The molecule has 0 N–H and O–H groups in total. The van der Waals surface area contributed by atoms with Gasteiger partial charge < -0.3 is 4.90 Å². The van der Waals surface area contributed by atoms with Gasteiger partial charge in [0.2, 0.25) is 0 Å². The summed E-state index contributed by atoms with van der Waals surface area (Å²) in [4.78, 5) is 0.792. The van der Waals surface area contributed by atoms with E-state index in [1.54, 1.807) is 0 Å². The largest absolute Gasteiger partial charge is 0.311 e. The van der Waals surface area contributed by atoms with E-state index in [4.69, 9.17) is 16.4 Å². The molecule has 0 atom stereocenters. The van der Waals surface area contributed by atoms with Crippen molar-refractivity contribution in [3.05, 3.63) is 89.2 Å². The van der Waals surface area contributed by atoms with Crippen LogP contribution in [-0.4, -0.2) is 0 Å². The first-order valence-electron chi connectivity index (χ1n) is 12.7.